The molecule has 0 bridgehead atoms. The van der Waals surface area contributed by atoms with Crippen molar-refractivity contribution in [1.29, 1.82) is 0 Å². The summed E-state index contributed by atoms with van der Waals surface area (Å²) in [4.78, 5) is 2.53. The van der Waals surface area contributed by atoms with E-state index in [4.69, 9.17) is 11.6 Å². The van der Waals surface area contributed by atoms with Crippen molar-refractivity contribution in [2.24, 2.45) is 11.8 Å². The molecule has 118 valence electrons. The third kappa shape index (κ3) is 4.37. The fourth-order valence-electron chi connectivity index (χ4n) is 3.16. The monoisotopic (exact) mass is 308 g/mol. The molecule has 1 aromatic carbocycles. The van der Waals surface area contributed by atoms with Crippen LogP contribution in [0, 0.1) is 11.8 Å². The molecule has 0 saturated carbocycles. The molecule has 1 N–H and O–H groups in total. The Hall–Kier alpha value is -0.730. The third-order valence-corrected chi connectivity index (χ3v) is 4.66. The first-order valence-corrected chi connectivity index (χ1v) is 8.62. The molecule has 1 saturated heterocycles. The van der Waals surface area contributed by atoms with Gasteiger partial charge in [0.15, 0.2) is 0 Å². The maximum Gasteiger partial charge on any atom is 0.0471 e. The van der Waals surface area contributed by atoms with Crippen LogP contribution in [0.3, 0.4) is 0 Å². The average Bonchev–Trinajstić information content (AvgIpc) is 2.89. The fourth-order valence-corrected chi connectivity index (χ4v) is 3.40. The number of benzene rings is 1. The second kappa shape index (κ2) is 7.51. The summed E-state index contributed by atoms with van der Waals surface area (Å²) in [7, 11) is 0. The highest BCUT2D eigenvalue weighted by molar-refractivity contribution is 6.31. The third-order valence-electron chi connectivity index (χ3n) is 4.31. The van der Waals surface area contributed by atoms with E-state index in [1.165, 1.54) is 24.1 Å². The predicted molar refractivity (Wildman–Crippen MR) is 93.2 cm³/mol. The molecule has 21 heavy (non-hydrogen) atoms. The summed E-state index contributed by atoms with van der Waals surface area (Å²) in [5.41, 5.74) is 2.48. The molecule has 1 heterocycles. The van der Waals surface area contributed by atoms with Crippen molar-refractivity contribution in [1.82, 2.24) is 5.32 Å². The topological polar surface area (TPSA) is 15.3 Å². The molecule has 2 nitrogen and oxygen atoms in total. The standard InChI is InChI=1S/C18H29ClN2/c1-13(2)11-20-12-15-7-8-16(10-17(15)19)21-9-5-6-18(21)14(3)4/h7-8,10,13-14,18,20H,5-6,9,11-12H2,1-4H3. The minimum absolute atomic E-state index is 0.658. The van der Waals surface area contributed by atoms with Crippen LogP contribution in [0.15, 0.2) is 18.2 Å². The summed E-state index contributed by atoms with van der Waals surface area (Å²) in [6.07, 6.45) is 2.59. The smallest absolute Gasteiger partial charge is 0.0471 e. The van der Waals surface area contributed by atoms with Crippen molar-refractivity contribution in [3.05, 3.63) is 28.8 Å². The van der Waals surface area contributed by atoms with Gasteiger partial charge in [0, 0.05) is 29.8 Å². The van der Waals surface area contributed by atoms with E-state index in [1.807, 2.05) is 0 Å². The van der Waals surface area contributed by atoms with Crippen LogP contribution in [0.25, 0.3) is 0 Å². The average molecular weight is 309 g/mol. The van der Waals surface area contributed by atoms with Crippen LogP contribution < -0.4 is 10.2 Å². The quantitative estimate of drug-likeness (QED) is 0.818. The Kier molecular flexibility index (Phi) is 5.95. The molecule has 0 amide bonds. The van der Waals surface area contributed by atoms with Crippen molar-refractivity contribution in [2.75, 3.05) is 18.0 Å². The van der Waals surface area contributed by atoms with Crippen molar-refractivity contribution in [3.8, 4) is 0 Å². The van der Waals surface area contributed by atoms with Crippen LogP contribution in [-0.2, 0) is 6.54 Å². The summed E-state index contributed by atoms with van der Waals surface area (Å²) < 4.78 is 0. The number of hydrogen-bond acceptors (Lipinski definition) is 2. The van der Waals surface area contributed by atoms with Gasteiger partial charge in [0.05, 0.1) is 0 Å². The van der Waals surface area contributed by atoms with E-state index in [9.17, 15) is 0 Å². The fraction of sp³-hybridized carbons (Fsp3) is 0.667. The van der Waals surface area contributed by atoms with Gasteiger partial charge in [-0.3, -0.25) is 0 Å². The van der Waals surface area contributed by atoms with Crippen molar-refractivity contribution >= 4 is 17.3 Å². The molecule has 1 aliphatic heterocycles. The van der Waals surface area contributed by atoms with E-state index in [0.29, 0.717) is 17.9 Å². The zero-order valence-corrected chi connectivity index (χ0v) is 14.6. The highest BCUT2D eigenvalue weighted by atomic mass is 35.5. The second-order valence-corrected chi connectivity index (χ2v) is 7.35. The van der Waals surface area contributed by atoms with Crippen LogP contribution in [-0.4, -0.2) is 19.1 Å². The Bertz CT molecular complexity index is 457. The SMILES string of the molecule is CC(C)CNCc1ccc(N2CCCC2C(C)C)cc1Cl. The Morgan fingerprint density at radius 3 is 2.67 bits per heavy atom. The van der Waals surface area contributed by atoms with Gasteiger partial charge < -0.3 is 10.2 Å². The Balaban J connectivity index is 2.04. The largest absolute Gasteiger partial charge is 0.368 e. The number of rotatable bonds is 6. The number of hydrogen-bond donors (Lipinski definition) is 1. The Morgan fingerprint density at radius 2 is 2.05 bits per heavy atom. The lowest BCUT2D eigenvalue weighted by Crippen LogP contribution is -2.33. The van der Waals surface area contributed by atoms with Gasteiger partial charge in [0.25, 0.3) is 0 Å². The molecule has 1 atom stereocenters. The maximum atomic E-state index is 6.48. The number of halogens is 1. The highest BCUT2D eigenvalue weighted by Crippen LogP contribution is 2.32. The molecular weight excluding hydrogens is 280 g/mol. The van der Waals surface area contributed by atoms with Gasteiger partial charge in [-0.15, -0.1) is 0 Å². The lowest BCUT2D eigenvalue weighted by atomic mass is 10.0. The lowest BCUT2D eigenvalue weighted by molar-refractivity contribution is 0.492. The molecule has 1 fully saturated rings. The maximum absolute atomic E-state index is 6.48. The van der Waals surface area contributed by atoms with Gasteiger partial charge in [-0.2, -0.15) is 0 Å². The molecular formula is C18H29ClN2. The Labute approximate surface area is 134 Å². The van der Waals surface area contributed by atoms with Crippen LogP contribution in [0.1, 0.15) is 46.1 Å². The number of nitrogens with one attached hydrogen (secondary N) is 1. The molecule has 0 aliphatic carbocycles. The van der Waals surface area contributed by atoms with E-state index in [1.54, 1.807) is 0 Å². The number of anilines is 1. The summed E-state index contributed by atoms with van der Waals surface area (Å²) in [6, 6.07) is 7.22. The summed E-state index contributed by atoms with van der Waals surface area (Å²) in [5, 5.41) is 4.35. The van der Waals surface area contributed by atoms with Crippen LogP contribution >= 0.6 is 11.6 Å². The van der Waals surface area contributed by atoms with Crippen LogP contribution in [0.4, 0.5) is 5.69 Å². The first kappa shape index (κ1) is 16.6. The molecule has 0 radical (unpaired) electrons. The summed E-state index contributed by atoms with van der Waals surface area (Å²) in [6.45, 7) is 12.1. The molecule has 3 heteroatoms. The Morgan fingerprint density at radius 1 is 1.29 bits per heavy atom. The van der Waals surface area contributed by atoms with Gasteiger partial charge in [0.2, 0.25) is 0 Å². The first-order valence-electron chi connectivity index (χ1n) is 8.24. The minimum Gasteiger partial charge on any atom is -0.368 e. The minimum atomic E-state index is 0.658. The van der Waals surface area contributed by atoms with Gasteiger partial charge in [-0.25, -0.2) is 0 Å². The zero-order chi connectivity index (χ0) is 15.4. The molecule has 0 spiro atoms. The van der Waals surface area contributed by atoms with E-state index < -0.39 is 0 Å². The van der Waals surface area contributed by atoms with Crippen LogP contribution in [0.5, 0.6) is 0 Å². The molecule has 1 aliphatic rings. The lowest BCUT2D eigenvalue weighted by Gasteiger charge is -2.30. The van der Waals surface area contributed by atoms with Crippen molar-refractivity contribution in [3.63, 3.8) is 0 Å². The van der Waals surface area contributed by atoms with Crippen molar-refractivity contribution in [2.45, 2.75) is 53.1 Å². The summed E-state index contributed by atoms with van der Waals surface area (Å²) >= 11 is 6.48. The normalized spacial score (nSPS) is 19.0. The van der Waals surface area contributed by atoms with Gasteiger partial charge in [-0.1, -0.05) is 45.4 Å². The number of nitrogens with zero attached hydrogens (tertiary/aromatic N) is 1. The molecule has 0 aromatic heterocycles. The highest BCUT2D eigenvalue weighted by Gasteiger charge is 2.27. The van der Waals surface area contributed by atoms with E-state index in [2.05, 4.69) is 56.1 Å². The van der Waals surface area contributed by atoms with Gasteiger partial charge in [-0.05, 0) is 48.9 Å². The second-order valence-electron chi connectivity index (χ2n) is 6.95. The zero-order valence-electron chi connectivity index (χ0n) is 13.8. The first-order chi connectivity index (χ1) is 9.99. The van der Waals surface area contributed by atoms with E-state index >= 15 is 0 Å². The molecule has 1 aromatic rings. The molecule has 1 unspecified atom stereocenters. The van der Waals surface area contributed by atoms with Gasteiger partial charge in [0.1, 0.15) is 0 Å². The van der Waals surface area contributed by atoms with Crippen molar-refractivity contribution < 1.29 is 0 Å². The predicted octanol–water partition coefficient (Wildman–Crippen LogP) is 4.71. The van der Waals surface area contributed by atoms with Gasteiger partial charge >= 0.3 is 0 Å². The summed E-state index contributed by atoms with van der Waals surface area (Å²) in [5.74, 6) is 1.36. The van der Waals surface area contributed by atoms with Crippen LogP contribution in [0.2, 0.25) is 5.02 Å². The molecule has 2 rings (SSSR count). The van der Waals surface area contributed by atoms with E-state index in [-0.39, 0.29) is 0 Å². The van der Waals surface area contributed by atoms with E-state index in [0.717, 1.165) is 24.7 Å².